The van der Waals surface area contributed by atoms with Crippen molar-refractivity contribution in [1.29, 1.82) is 0 Å². The van der Waals surface area contributed by atoms with Crippen molar-refractivity contribution in [3.63, 3.8) is 0 Å². The summed E-state index contributed by atoms with van der Waals surface area (Å²) in [6, 6.07) is 9.32. The van der Waals surface area contributed by atoms with Gasteiger partial charge in [-0.25, -0.2) is 9.78 Å². The molecule has 1 N–H and O–H groups in total. The summed E-state index contributed by atoms with van der Waals surface area (Å²) in [4.78, 5) is 43.1. The quantitative estimate of drug-likeness (QED) is 0.779. The van der Waals surface area contributed by atoms with Crippen molar-refractivity contribution in [2.75, 3.05) is 25.0 Å². The highest BCUT2D eigenvalue weighted by atomic mass is 32.1. The summed E-state index contributed by atoms with van der Waals surface area (Å²) in [5, 5.41) is 3.69. The minimum Gasteiger partial charge on any atom is -0.451 e. The topological polar surface area (TPSA) is 88.6 Å². The standard InChI is InChI=1S/C20H23N3O4S/c1-13-18(28-14(2)21-13)20(26)27-12-17(24)23-10-8-15(9-11-23)19(25)22-16-6-4-3-5-7-16/h3-7,15H,8-12H2,1-2H3,(H,22,25). The van der Waals surface area contributed by atoms with Gasteiger partial charge in [0.25, 0.3) is 5.91 Å². The summed E-state index contributed by atoms with van der Waals surface area (Å²) in [5.41, 5.74) is 1.39. The first kappa shape index (κ1) is 20.0. The fourth-order valence-electron chi connectivity index (χ4n) is 3.16. The van der Waals surface area contributed by atoms with E-state index < -0.39 is 5.97 Å². The average molecular weight is 401 g/mol. The molecule has 1 aliphatic rings. The lowest BCUT2D eigenvalue weighted by atomic mass is 9.95. The van der Waals surface area contributed by atoms with E-state index in [1.807, 2.05) is 37.3 Å². The van der Waals surface area contributed by atoms with E-state index >= 15 is 0 Å². The van der Waals surface area contributed by atoms with Crippen LogP contribution in [0.15, 0.2) is 30.3 Å². The molecular weight excluding hydrogens is 378 g/mol. The van der Waals surface area contributed by atoms with Crippen LogP contribution in [-0.2, 0) is 14.3 Å². The molecule has 2 heterocycles. The second-order valence-electron chi connectivity index (χ2n) is 6.73. The van der Waals surface area contributed by atoms with Crippen molar-refractivity contribution < 1.29 is 19.1 Å². The van der Waals surface area contributed by atoms with E-state index in [9.17, 15) is 14.4 Å². The van der Waals surface area contributed by atoms with Crippen LogP contribution in [0.4, 0.5) is 5.69 Å². The Kier molecular flexibility index (Phi) is 6.41. The van der Waals surface area contributed by atoms with Crippen LogP contribution in [0.25, 0.3) is 0 Å². The summed E-state index contributed by atoms with van der Waals surface area (Å²) in [6.07, 6.45) is 1.18. The number of anilines is 1. The molecule has 1 fully saturated rings. The summed E-state index contributed by atoms with van der Waals surface area (Å²) < 4.78 is 5.15. The predicted molar refractivity (Wildman–Crippen MR) is 106 cm³/mol. The van der Waals surface area contributed by atoms with Crippen LogP contribution in [0.5, 0.6) is 0 Å². The Labute approximate surface area is 167 Å². The minimum absolute atomic E-state index is 0.0271. The zero-order chi connectivity index (χ0) is 20.1. The largest absolute Gasteiger partial charge is 0.451 e. The lowest BCUT2D eigenvalue weighted by Gasteiger charge is -2.31. The summed E-state index contributed by atoms with van der Waals surface area (Å²) in [5.74, 6) is -0.918. The number of esters is 1. The van der Waals surface area contributed by atoms with Crippen LogP contribution < -0.4 is 5.32 Å². The summed E-state index contributed by atoms with van der Waals surface area (Å²) >= 11 is 1.26. The van der Waals surface area contributed by atoms with Gasteiger partial charge in [0.15, 0.2) is 6.61 Å². The molecule has 8 heteroatoms. The number of hydrogen-bond acceptors (Lipinski definition) is 6. The van der Waals surface area contributed by atoms with Gasteiger partial charge in [0.2, 0.25) is 5.91 Å². The molecule has 1 aliphatic heterocycles. The van der Waals surface area contributed by atoms with Crippen molar-refractivity contribution >= 4 is 34.8 Å². The molecule has 0 radical (unpaired) electrons. The molecule has 0 unspecified atom stereocenters. The molecular formula is C20H23N3O4S. The summed E-state index contributed by atoms with van der Waals surface area (Å²) in [7, 11) is 0. The Balaban J connectivity index is 1.44. The van der Waals surface area contributed by atoms with Crippen molar-refractivity contribution in [2.45, 2.75) is 26.7 Å². The molecule has 1 saturated heterocycles. The number of nitrogens with one attached hydrogen (secondary N) is 1. The number of thiazole rings is 1. The lowest BCUT2D eigenvalue weighted by Crippen LogP contribution is -2.43. The van der Waals surface area contributed by atoms with Gasteiger partial charge in [0.05, 0.1) is 10.7 Å². The van der Waals surface area contributed by atoms with E-state index in [0.29, 0.717) is 36.5 Å². The lowest BCUT2D eigenvalue weighted by molar-refractivity contribution is -0.137. The number of piperidine rings is 1. The molecule has 0 bridgehead atoms. The molecule has 0 spiro atoms. The second kappa shape index (κ2) is 8.97. The smallest absolute Gasteiger partial charge is 0.350 e. The molecule has 1 aromatic heterocycles. The van der Waals surface area contributed by atoms with E-state index in [1.54, 1.807) is 11.8 Å². The van der Waals surface area contributed by atoms with E-state index in [-0.39, 0.29) is 24.3 Å². The molecule has 7 nitrogen and oxygen atoms in total. The highest BCUT2D eigenvalue weighted by molar-refractivity contribution is 7.13. The molecule has 0 atom stereocenters. The van der Waals surface area contributed by atoms with Crippen molar-refractivity contribution in [2.24, 2.45) is 5.92 Å². The van der Waals surface area contributed by atoms with Gasteiger partial charge in [-0.05, 0) is 38.8 Å². The SMILES string of the molecule is Cc1nc(C)c(C(=O)OCC(=O)N2CCC(C(=O)Nc3ccccc3)CC2)s1. The van der Waals surface area contributed by atoms with E-state index in [1.165, 1.54) is 11.3 Å². The third kappa shape index (κ3) is 4.95. The van der Waals surface area contributed by atoms with E-state index in [0.717, 1.165) is 10.7 Å². The molecule has 1 aromatic carbocycles. The number of aryl methyl sites for hydroxylation is 2. The first-order valence-electron chi connectivity index (χ1n) is 9.19. The maximum absolute atomic E-state index is 12.4. The third-order valence-corrected chi connectivity index (χ3v) is 5.73. The number of ether oxygens (including phenoxy) is 1. The minimum atomic E-state index is -0.520. The maximum Gasteiger partial charge on any atom is 0.350 e. The highest BCUT2D eigenvalue weighted by Gasteiger charge is 2.28. The fourth-order valence-corrected chi connectivity index (χ4v) is 3.98. The number of amides is 2. The zero-order valence-corrected chi connectivity index (χ0v) is 16.8. The number of benzene rings is 1. The Morgan fingerprint density at radius 2 is 1.86 bits per heavy atom. The monoisotopic (exact) mass is 401 g/mol. The summed E-state index contributed by atoms with van der Waals surface area (Å²) in [6.45, 7) is 4.21. The van der Waals surface area contributed by atoms with Gasteiger partial charge in [-0.2, -0.15) is 0 Å². The van der Waals surface area contributed by atoms with Gasteiger partial charge in [-0.15, -0.1) is 11.3 Å². The van der Waals surface area contributed by atoms with Crippen LogP contribution in [0.1, 0.15) is 33.2 Å². The molecule has 0 aliphatic carbocycles. The van der Waals surface area contributed by atoms with Gasteiger partial charge >= 0.3 is 5.97 Å². The Morgan fingerprint density at radius 3 is 2.46 bits per heavy atom. The molecule has 0 saturated carbocycles. The fraction of sp³-hybridized carbons (Fsp3) is 0.400. The number of carbonyl (C=O) groups is 3. The van der Waals surface area contributed by atoms with E-state index in [4.69, 9.17) is 4.74 Å². The van der Waals surface area contributed by atoms with Crippen molar-refractivity contribution in [3.05, 3.63) is 45.9 Å². The molecule has 148 valence electrons. The first-order valence-corrected chi connectivity index (χ1v) is 10.0. The van der Waals surface area contributed by atoms with Gasteiger partial charge in [-0.1, -0.05) is 18.2 Å². The second-order valence-corrected chi connectivity index (χ2v) is 7.94. The van der Waals surface area contributed by atoms with Crippen LogP contribution in [0, 0.1) is 19.8 Å². The molecule has 2 amide bonds. The number of hydrogen-bond donors (Lipinski definition) is 1. The molecule has 3 rings (SSSR count). The van der Waals surface area contributed by atoms with Crippen LogP contribution in [0.3, 0.4) is 0 Å². The number of rotatable bonds is 5. The van der Waals surface area contributed by atoms with Crippen molar-refractivity contribution in [1.82, 2.24) is 9.88 Å². The Bertz CT molecular complexity index is 858. The highest BCUT2D eigenvalue weighted by Crippen LogP contribution is 2.21. The normalized spacial score (nSPS) is 14.6. The Morgan fingerprint density at radius 1 is 1.18 bits per heavy atom. The number of para-hydroxylation sites is 1. The van der Waals surface area contributed by atoms with Crippen LogP contribution in [-0.4, -0.2) is 47.4 Å². The van der Waals surface area contributed by atoms with Gasteiger partial charge in [0, 0.05) is 24.7 Å². The van der Waals surface area contributed by atoms with Crippen LogP contribution in [0.2, 0.25) is 0 Å². The molecule has 28 heavy (non-hydrogen) atoms. The predicted octanol–water partition coefficient (Wildman–Crippen LogP) is 2.79. The maximum atomic E-state index is 12.4. The zero-order valence-electron chi connectivity index (χ0n) is 15.9. The average Bonchev–Trinajstić information content (AvgIpc) is 3.05. The van der Waals surface area contributed by atoms with Gasteiger partial charge in [0.1, 0.15) is 4.88 Å². The van der Waals surface area contributed by atoms with Crippen LogP contribution >= 0.6 is 11.3 Å². The van der Waals surface area contributed by atoms with E-state index in [2.05, 4.69) is 10.3 Å². The number of carbonyl (C=O) groups excluding carboxylic acids is 3. The first-order chi connectivity index (χ1) is 13.4. The van der Waals surface area contributed by atoms with Gasteiger partial charge in [-0.3, -0.25) is 9.59 Å². The Hall–Kier alpha value is -2.74. The van der Waals surface area contributed by atoms with Gasteiger partial charge < -0.3 is 15.0 Å². The van der Waals surface area contributed by atoms with Crippen molar-refractivity contribution in [3.8, 4) is 0 Å². The number of likely N-dealkylation sites (tertiary alicyclic amines) is 1. The number of nitrogens with zero attached hydrogens (tertiary/aromatic N) is 2. The third-order valence-electron chi connectivity index (χ3n) is 4.68. The number of aromatic nitrogens is 1. The molecule has 2 aromatic rings.